The molecule has 0 saturated heterocycles. The highest BCUT2D eigenvalue weighted by molar-refractivity contribution is 7.99. The third-order valence-electron chi connectivity index (χ3n) is 4.94. The van der Waals surface area contributed by atoms with Crippen molar-refractivity contribution in [1.29, 1.82) is 0 Å². The SMILES string of the molecule is CN(c1ncnc2[nH]ccc12)C1CC(CSc2ccc(C(F)(F)F)nc2)C1. The van der Waals surface area contributed by atoms with Crippen LogP contribution in [0.5, 0.6) is 0 Å². The van der Waals surface area contributed by atoms with Gasteiger partial charge in [0.1, 0.15) is 23.5 Å². The van der Waals surface area contributed by atoms with Gasteiger partial charge in [0.05, 0.1) is 5.39 Å². The molecule has 0 unspecified atom stereocenters. The summed E-state index contributed by atoms with van der Waals surface area (Å²) in [4.78, 5) is 18.2. The second-order valence-electron chi connectivity index (χ2n) is 6.73. The standard InChI is InChI=1S/C18H18F3N5S/c1-26(17-14-4-5-22-16(14)24-10-25-17)12-6-11(7-12)9-27-13-2-3-15(23-8-13)18(19,20)21/h2-5,8,10-12H,6-7,9H2,1H3,(H,22,24,25). The van der Waals surface area contributed by atoms with E-state index in [9.17, 15) is 13.2 Å². The smallest absolute Gasteiger partial charge is 0.356 e. The van der Waals surface area contributed by atoms with E-state index in [1.54, 1.807) is 18.1 Å². The second-order valence-corrected chi connectivity index (χ2v) is 7.82. The Balaban J connectivity index is 1.30. The number of aromatic amines is 1. The van der Waals surface area contributed by atoms with Crippen LogP contribution in [-0.2, 0) is 6.18 Å². The van der Waals surface area contributed by atoms with Gasteiger partial charge in [-0.15, -0.1) is 11.8 Å². The highest BCUT2D eigenvalue weighted by Gasteiger charge is 2.34. The number of thioether (sulfide) groups is 1. The van der Waals surface area contributed by atoms with Crippen LogP contribution in [0.4, 0.5) is 19.0 Å². The van der Waals surface area contributed by atoms with Gasteiger partial charge in [-0.1, -0.05) is 0 Å². The van der Waals surface area contributed by atoms with Crippen LogP contribution in [0.15, 0.2) is 41.8 Å². The zero-order valence-electron chi connectivity index (χ0n) is 14.6. The molecule has 0 bridgehead atoms. The molecule has 1 saturated carbocycles. The Morgan fingerprint density at radius 1 is 1.19 bits per heavy atom. The van der Waals surface area contributed by atoms with Crippen LogP contribution in [0.3, 0.4) is 0 Å². The number of hydrogen-bond acceptors (Lipinski definition) is 5. The van der Waals surface area contributed by atoms with Crippen molar-refractivity contribution in [1.82, 2.24) is 19.9 Å². The summed E-state index contributed by atoms with van der Waals surface area (Å²) in [5.74, 6) is 2.33. The Hall–Kier alpha value is -2.29. The molecule has 0 aromatic carbocycles. The summed E-state index contributed by atoms with van der Waals surface area (Å²) in [5.41, 5.74) is -0.0220. The minimum absolute atomic E-state index is 0.411. The number of aromatic nitrogens is 4. The van der Waals surface area contributed by atoms with Crippen molar-refractivity contribution in [3.05, 3.63) is 42.6 Å². The molecule has 3 aromatic heterocycles. The van der Waals surface area contributed by atoms with E-state index in [1.165, 1.54) is 12.3 Å². The molecule has 0 radical (unpaired) electrons. The lowest BCUT2D eigenvalue weighted by molar-refractivity contribution is -0.141. The van der Waals surface area contributed by atoms with Gasteiger partial charge in [-0.05, 0) is 37.0 Å². The van der Waals surface area contributed by atoms with E-state index < -0.39 is 11.9 Å². The van der Waals surface area contributed by atoms with E-state index in [4.69, 9.17) is 0 Å². The Bertz CT molecular complexity index is 919. The molecule has 1 fully saturated rings. The van der Waals surface area contributed by atoms with Crippen molar-refractivity contribution >= 4 is 28.6 Å². The van der Waals surface area contributed by atoms with E-state index in [2.05, 4.69) is 24.8 Å². The van der Waals surface area contributed by atoms with Gasteiger partial charge in [-0.25, -0.2) is 9.97 Å². The van der Waals surface area contributed by atoms with Crippen molar-refractivity contribution < 1.29 is 13.2 Å². The highest BCUT2D eigenvalue weighted by Crippen LogP contribution is 2.38. The van der Waals surface area contributed by atoms with Crippen molar-refractivity contribution in [3.63, 3.8) is 0 Å². The highest BCUT2D eigenvalue weighted by atomic mass is 32.2. The molecule has 1 N–H and O–H groups in total. The van der Waals surface area contributed by atoms with Gasteiger partial charge in [0, 0.05) is 36.1 Å². The Labute approximate surface area is 158 Å². The number of nitrogens with one attached hydrogen (secondary N) is 1. The quantitative estimate of drug-likeness (QED) is 0.652. The van der Waals surface area contributed by atoms with Crippen molar-refractivity contribution in [3.8, 4) is 0 Å². The minimum Gasteiger partial charge on any atom is -0.356 e. The van der Waals surface area contributed by atoms with Crippen LogP contribution in [-0.4, -0.2) is 38.8 Å². The van der Waals surface area contributed by atoms with Crippen LogP contribution in [0, 0.1) is 5.92 Å². The van der Waals surface area contributed by atoms with E-state index in [-0.39, 0.29) is 0 Å². The zero-order valence-corrected chi connectivity index (χ0v) is 15.4. The lowest BCUT2D eigenvalue weighted by Crippen LogP contribution is -2.43. The van der Waals surface area contributed by atoms with Gasteiger partial charge in [0.2, 0.25) is 0 Å². The van der Waals surface area contributed by atoms with Gasteiger partial charge < -0.3 is 9.88 Å². The number of rotatable bonds is 5. The fraction of sp³-hybridized carbons (Fsp3) is 0.389. The molecule has 27 heavy (non-hydrogen) atoms. The van der Waals surface area contributed by atoms with Crippen LogP contribution >= 0.6 is 11.8 Å². The molecule has 0 amide bonds. The third kappa shape index (κ3) is 3.73. The average molecular weight is 393 g/mol. The summed E-state index contributed by atoms with van der Waals surface area (Å²) < 4.78 is 37.6. The number of H-pyrrole nitrogens is 1. The van der Waals surface area contributed by atoms with Gasteiger partial charge in [0.15, 0.2) is 0 Å². The number of nitrogens with zero attached hydrogens (tertiary/aromatic N) is 4. The van der Waals surface area contributed by atoms with E-state index in [0.29, 0.717) is 12.0 Å². The monoisotopic (exact) mass is 393 g/mol. The number of alkyl halides is 3. The summed E-state index contributed by atoms with van der Waals surface area (Å²) in [7, 11) is 2.04. The number of pyridine rings is 1. The van der Waals surface area contributed by atoms with Crippen LogP contribution in [0.25, 0.3) is 11.0 Å². The molecule has 9 heteroatoms. The number of fused-ring (bicyclic) bond motifs is 1. The fourth-order valence-corrected chi connectivity index (χ4v) is 4.30. The maximum Gasteiger partial charge on any atom is 0.433 e. The van der Waals surface area contributed by atoms with Gasteiger partial charge in [-0.2, -0.15) is 13.2 Å². The van der Waals surface area contributed by atoms with Crippen LogP contribution in [0.1, 0.15) is 18.5 Å². The van der Waals surface area contributed by atoms with Crippen LogP contribution in [0.2, 0.25) is 0 Å². The van der Waals surface area contributed by atoms with Gasteiger partial charge >= 0.3 is 6.18 Å². The normalized spacial score (nSPS) is 19.9. The first-order valence-electron chi connectivity index (χ1n) is 8.59. The first kappa shape index (κ1) is 18.1. The first-order chi connectivity index (χ1) is 12.9. The van der Waals surface area contributed by atoms with Crippen molar-refractivity contribution in [2.24, 2.45) is 5.92 Å². The molecule has 0 atom stereocenters. The predicted octanol–water partition coefficient (Wildman–Crippen LogP) is 4.38. The average Bonchev–Trinajstić information content (AvgIpc) is 3.08. The lowest BCUT2D eigenvalue weighted by atomic mass is 9.81. The lowest BCUT2D eigenvalue weighted by Gasteiger charge is -2.41. The molecule has 0 aliphatic heterocycles. The van der Waals surface area contributed by atoms with E-state index >= 15 is 0 Å². The summed E-state index contributed by atoms with van der Waals surface area (Å²) in [6, 6.07) is 4.92. The molecule has 4 rings (SSSR count). The summed E-state index contributed by atoms with van der Waals surface area (Å²) in [6.07, 6.45) is 2.41. The van der Waals surface area contributed by atoms with E-state index in [0.717, 1.165) is 46.4 Å². The van der Waals surface area contributed by atoms with Gasteiger partial charge in [0.25, 0.3) is 0 Å². The molecule has 1 aliphatic rings. The largest absolute Gasteiger partial charge is 0.433 e. The minimum atomic E-state index is -4.39. The molecule has 142 valence electrons. The zero-order chi connectivity index (χ0) is 19.0. The molecule has 5 nitrogen and oxygen atoms in total. The van der Waals surface area contributed by atoms with Crippen LogP contribution < -0.4 is 4.90 Å². The Kier molecular flexibility index (Phi) is 4.71. The Morgan fingerprint density at radius 2 is 2.00 bits per heavy atom. The number of halogens is 3. The number of anilines is 1. The van der Waals surface area contributed by atoms with E-state index in [1.807, 2.05) is 19.3 Å². The van der Waals surface area contributed by atoms with Gasteiger partial charge in [-0.3, -0.25) is 4.98 Å². The van der Waals surface area contributed by atoms with Crippen molar-refractivity contribution in [2.75, 3.05) is 17.7 Å². The van der Waals surface area contributed by atoms with Crippen molar-refractivity contribution in [2.45, 2.75) is 30.0 Å². The maximum absolute atomic E-state index is 12.5. The molecule has 1 aliphatic carbocycles. The second kappa shape index (κ2) is 7.03. The molecule has 0 spiro atoms. The first-order valence-corrected chi connectivity index (χ1v) is 9.57. The summed E-state index contributed by atoms with van der Waals surface area (Å²) in [5, 5.41) is 1.01. The fourth-order valence-electron chi connectivity index (χ4n) is 3.31. The maximum atomic E-state index is 12.5. The Morgan fingerprint density at radius 3 is 2.70 bits per heavy atom. The third-order valence-corrected chi connectivity index (χ3v) is 6.15. The summed E-state index contributed by atoms with van der Waals surface area (Å²) >= 11 is 1.56. The predicted molar refractivity (Wildman–Crippen MR) is 98.8 cm³/mol. The molecule has 3 aromatic rings. The molecular formula is C18H18F3N5S. The topological polar surface area (TPSA) is 57.7 Å². The molecular weight excluding hydrogens is 375 g/mol. The molecule has 3 heterocycles. The summed E-state index contributed by atoms with van der Waals surface area (Å²) in [6.45, 7) is 0. The number of hydrogen-bond donors (Lipinski definition) is 1.